The number of hydrogen-bond acceptors (Lipinski definition) is 10. The molecule has 10 nitrogen and oxygen atoms in total. The van der Waals surface area contributed by atoms with E-state index >= 15 is 0 Å². The minimum Gasteiger partial charge on any atom is -0.475 e. The summed E-state index contributed by atoms with van der Waals surface area (Å²) in [5.41, 5.74) is 7.71. The zero-order valence-corrected chi connectivity index (χ0v) is 25.1. The Bertz CT molecular complexity index is 1930. The number of benzene rings is 1. The number of anilines is 2. The van der Waals surface area contributed by atoms with E-state index in [9.17, 15) is 18.8 Å². The predicted molar refractivity (Wildman–Crippen MR) is 165 cm³/mol. The number of hydrogen-bond donors (Lipinski definition) is 2. The van der Waals surface area contributed by atoms with E-state index in [1.54, 1.807) is 19.2 Å². The summed E-state index contributed by atoms with van der Waals surface area (Å²) in [5, 5.41) is 14.7. The SMILES string of the molecule is Cn1c(-c2ccc(F)c3sc(N)nc23)cc2nc(OC[C@@]34CCCN3C[C@H](F)C4)c(C#N)c(N3CC4CCC(C3)N4)c2c1=O. The van der Waals surface area contributed by atoms with Gasteiger partial charge in [-0.1, -0.05) is 11.3 Å². The van der Waals surface area contributed by atoms with E-state index in [-0.39, 0.29) is 40.8 Å². The van der Waals surface area contributed by atoms with Gasteiger partial charge >= 0.3 is 0 Å². The number of fused-ring (bicyclic) bond motifs is 5. The summed E-state index contributed by atoms with van der Waals surface area (Å²) in [6, 6.07) is 7.55. The molecule has 0 radical (unpaired) electrons. The molecule has 2 unspecified atom stereocenters. The van der Waals surface area contributed by atoms with Crippen LogP contribution in [-0.2, 0) is 7.05 Å². The van der Waals surface area contributed by atoms with Crippen molar-refractivity contribution in [3.8, 4) is 23.2 Å². The maximum Gasteiger partial charge on any atom is 0.262 e. The molecule has 2 bridgehead atoms. The van der Waals surface area contributed by atoms with Crippen LogP contribution in [0.4, 0.5) is 19.6 Å². The number of nitrogens with zero attached hydrogens (tertiary/aromatic N) is 6. The van der Waals surface area contributed by atoms with E-state index in [0.717, 1.165) is 43.6 Å². The average molecular weight is 619 g/mol. The number of nitrogens with two attached hydrogens (primary N) is 1. The number of rotatable bonds is 5. The largest absolute Gasteiger partial charge is 0.475 e. The van der Waals surface area contributed by atoms with Crippen LogP contribution in [0.15, 0.2) is 23.0 Å². The number of nitriles is 1. The molecule has 0 saturated carbocycles. The lowest BCUT2D eigenvalue weighted by molar-refractivity contribution is 0.110. The molecule has 4 aliphatic rings. The van der Waals surface area contributed by atoms with Gasteiger partial charge < -0.3 is 25.3 Å². The van der Waals surface area contributed by atoms with E-state index in [0.29, 0.717) is 64.1 Å². The van der Waals surface area contributed by atoms with Crippen LogP contribution in [0.2, 0.25) is 0 Å². The van der Waals surface area contributed by atoms with Crippen molar-refractivity contribution >= 4 is 43.3 Å². The van der Waals surface area contributed by atoms with Gasteiger partial charge in [-0.05, 0) is 50.4 Å². The fourth-order valence-corrected chi connectivity index (χ4v) is 8.76. The van der Waals surface area contributed by atoms with Crippen LogP contribution >= 0.6 is 11.3 Å². The minimum atomic E-state index is -0.913. The number of piperazine rings is 1. The van der Waals surface area contributed by atoms with Crippen molar-refractivity contribution in [2.24, 2.45) is 7.05 Å². The lowest BCUT2D eigenvalue weighted by Crippen LogP contribution is -2.51. The molecule has 4 aromatic rings. The summed E-state index contributed by atoms with van der Waals surface area (Å²) >= 11 is 1.05. The van der Waals surface area contributed by atoms with Crippen molar-refractivity contribution in [2.45, 2.75) is 55.9 Å². The van der Waals surface area contributed by atoms with Crippen molar-refractivity contribution < 1.29 is 13.5 Å². The summed E-state index contributed by atoms with van der Waals surface area (Å²) < 4.78 is 37.4. The summed E-state index contributed by atoms with van der Waals surface area (Å²) in [6.07, 6.45) is 3.31. The van der Waals surface area contributed by atoms with E-state index in [1.807, 2.05) is 0 Å². The fraction of sp³-hybridized carbons (Fsp3) is 0.484. The number of halogens is 2. The zero-order chi connectivity index (χ0) is 30.3. The van der Waals surface area contributed by atoms with Gasteiger partial charge in [0.1, 0.15) is 30.2 Å². The second-order valence-corrected chi connectivity index (χ2v) is 13.7. The van der Waals surface area contributed by atoms with Crippen molar-refractivity contribution in [2.75, 3.05) is 43.4 Å². The quantitative estimate of drug-likeness (QED) is 0.345. The van der Waals surface area contributed by atoms with Gasteiger partial charge in [-0.25, -0.2) is 18.7 Å². The highest BCUT2D eigenvalue weighted by Gasteiger charge is 2.49. The molecule has 3 N–H and O–H groups in total. The number of ether oxygens (including phenoxy) is 1. The van der Waals surface area contributed by atoms with Gasteiger partial charge in [0, 0.05) is 50.7 Å². The molecular formula is C31H32F2N8O2S. The molecule has 0 amide bonds. The monoisotopic (exact) mass is 618 g/mol. The van der Waals surface area contributed by atoms with Gasteiger partial charge in [0.15, 0.2) is 5.13 Å². The molecule has 228 valence electrons. The van der Waals surface area contributed by atoms with Crippen LogP contribution in [0, 0.1) is 17.1 Å². The molecular weight excluding hydrogens is 586 g/mol. The summed E-state index contributed by atoms with van der Waals surface area (Å²) in [5.74, 6) is -0.291. The molecule has 4 saturated heterocycles. The highest BCUT2D eigenvalue weighted by atomic mass is 32.1. The molecule has 1 aromatic carbocycles. The van der Waals surface area contributed by atoms with Crippen molar-refractivity contribution in [3.63, 3.8) is 0 Å². The molecule has 4 fully saturated rings. The first kappa shape index (κ1) is 27.7. The first-order valence-corrected chi connectivity index (χ1v) is 15.9. The Morgan fingerprint density at radius 3 is 2.82 bits per heavy atom. The predicted octanol–water partition coefficient (Wildman–Crippen LogP) is 3.70. The van der Waals surface area contributed by atoms with Crippen LogP contribution in [0.25, 0.3) is 32.4 Å². The van der Waals surface area contributed by atoms with Crippen LogP contribution in [0.3, 0.4) is 0 Å². The maximum atomic E-state index is 14.7. The number of alkyl halides is 1. The minimum absolute atomic E-state index is 0.144. The van der Waals surface area contributed by atoms with E-state index in [2.05, 4.69) is 26.2 Å². The second kappa shape index (κ2) is 10.1. The van der Waals surface area contributed by atoms with Gasteiger partial charge in [0.25, 0.3) is 5.56 Å². The van der Waals surface area contributed by atoms with Crippen LogP contribution in [-0.4, -0.2) is 76.0 Å². The summed E-state index contributed by atoms with van der Waals surface area (Å²) in [6.45, 7) is 2.71. The van der Waals surface area contributed by atoms with Crippen molar-refractivity contribution in [1.29, 1.82) is 5.26 Å². The van der Waals surface area contributed by atoms with Gasteiger partial charge in [0.05, 0.1) is 38.0 Å². The standard InChI is InChI=1S/C31H32F2N8O2S/c1-39-23(19-5-6-21(33)27-25(19)38-30(35)44-27)9-22-24(29(39)42)26(40-13-17-3-4-18(14-40)36-17)20(11-34)28(37-22)43-15-31-7-2-8-41(31)12-16(32)10-31/h5-6,9,16-18,36H,2-4,7-8,10,12-15H2,1H3,(H2,35,38)/t16-,17?,18?,31+/m1/s1. The molecule has 3 aromatic heterocycles. The number of aromatic nitrogens is 3. The number of thiazole rings is 1. The lowest BCUT2D eigenvalue weighted by Gasteiger charge is -2.36. The smallest absolute Gasteiger partial charge is 0.262 e. The third-order valence-electron chi connectivity index (χ3n) is 9.99. The van der Waals surface area contributed by atoms with Crippen molar-refractivity contribution in [3.05, 3.63) is 39.9 Å². The molecule has 44 heavy (non-hydrogen) atoms. The third kappa shape index (κ3) is 4.18. The van der Waals surface area contributed by atoms with Gasteiger partial charge in [-0.2, -0.15) is 5.26 Å². The Hall–Kier alpha value is -3.86. The molecule has 0 spiro atoms. The van der Waals surface area contributed by atoms with Gasteiger partial charge in [-0.15, -0.1) is 0 Å². The first-order chi connectivity index (χ1) is 21.2. The Morgan fingerprint density at radius 1 is 1.25 bits per heavy atom. The van der Waals surface area contributed by atoms with E-state index in [1.165, 1.54) is 10.6 Å². The Balaban J connectivity index is 1.32. The summed E-state index contributed by atoms with van der Waals surface area (Å²) in [4.78, 5) is 27.7. The number of pyridine rings is 2. The van der Waals surface area contributed by atoms with Crippen LogP contribution < -0.4 is 26.2 Å². The van der Waals surface area contributed by atoms with E-state index < -0.39 is 17.5 Å². The number of nitrogens with one attached hydrogen (secondary N) is 1. The molecule has 4 atom stereocenters. The topological polar surface area (TPSA) is 125 Å². The molecule has 8 rings (SSSR count). The molecule has 7 heterocycles. The van der Waals surface area contributed by atoms with Crippen LogP contribution in [0.5, 0.6) is 5.88 Å². The maximum absolute atomic E-state index is 14.7. The molecule has 4 aliphatic heterocycles. The fourth-order valence-electron chi connectivity index (χ4n) is 8.00. The third-order valence-corrected chi connectivity index (χ3v) is 10.9. The Kier molecular flexibility index (Phi) is 6.34. The van der Waals surface area contributed by atoms with Gasteiger partial charge in [-0.3, -0.25) is 9.69 Å². The number of nitrogen functional groups attached to an aromatic ring is 1. The first-order valence-electron chi connectivity index (χ1n) is 15.1. The van der Waals surface area contributed by atoms with Gasteiger partial charge in [0.2, 0.25) is 5.88 Å². The van der Waals surface area contributed by atoms with E-state index in [4.69, 9.17) is 15.5 Å². The summed E-state index contributed by atoms with van der Waals surface area (Å²) in [7, 11) is 1.66. The lowest BCUT2D eigenvalue weighted by atomic mass is 9.95. The molecule has 13 heteroatoms. The molecule has 0 aliphatic carbocycles. The zero-order valence-electron chi connectivity index (χ0n) is 24.3. The highest BCUT2D eigenvalue weighted by molar-refractivity contribution is 7.22. The highest BCUT2D eigenvalue weighted by Crippen LogP contribution is 2.43. The second-order valence-electron chi connectivity index (χ2n) is 12.6. The Morgan fingerprint density at radius 2 is 2.05 bits per heavy atom. The van der Waals surface area contributed by atoms with Crippen LogP contribution in [0.1, 0.15) is 37.7 Å². The normalized spacial score (nSPS) is 26.5. The Labute approximate surface area is 256 Å². The van der Waals surface area contributed by atoms with Crippen molar-refractivity contribution in [1.82, 2.24) is 24.8 Å². The average Bonchev–Trinajstić information content (AvgIpc) is 3.75.